The largest absolute Gasteiger partial charge is 0.393 e. The number of aliphatic hydroxyl groups excluding tert-OH is 1. The van der Waals surface area contributed by atoms with Gasteiger partial charge in [0.05, 0.1) is 18.4 Å². The van der Waals surface area contributed by atoms with Gasteiger partial charge in [0.25, 0.3) is 0 Å². The van der Waals surface area contributed by atoms with Crippen molar-refractivity contribution in [3.8, 4) is 0 Å². The van der Waals surface area contributed by atoms with Crippen molar-refractivity contribution in [3.05, 3.63) is 11.6 Å². The molecule has 4 heteroatoms. The van der Waals surface area contributed by atoms with Crippen molar-refractivity contribution in [2.45, 2.75) is 84.3 Å². The average Bonchev–Trinajstić information content (AvgIpc) is 3.41. The minimum absolute atomic E-state index is 0.111. The fourth-order valence-corrected chi connectivity index (χ4v) is 7.78. The van der Waals surface area contributed by atoms with E-state index in [1.54, 1.807) is 5.57 Å². The fourth-order valence-electron chi connectivity index (χ4n) is 7.78. The molecule has 4 fully saturated rings. The predicted octanol–water partition coefficient (Wildman–Crippen LogP) is 4.72. The smallest absolute Gasteiger partial charge is 0.145 e. The maximum Gasteiger partial charge on any atom is 0.145 e. The molecule has 1 saturated heterocycles. The number of epoxide rings is 1. The Morgan fingerprint density at radius 2 is 2.04 bits per heavy atom. The monoisotopic (exact) mass is 387 g/mol. The Labute approximate surface area is 169 Å². The molecule has 5 aliphatic rings. The van der Waals surface area contributed by atoms with Crippen LogP contribution in [0.5, 0.6) is 0 Å². The van der Waals surface area contributed by atoms with E-state index < -0.39 is 0 Å². The van der Waals surface area contributed by atoms with Gasteiger partial charge in [-0.3, -0.25) is 0 Å². The second kappa shape index (κ2) is 6.84. The number of hydrogen-bond donors (Lipinski definition) is 1. The summed E-state index contributed by atoms with van der Waals surface area (Å²) >= 11 is 0. The maximum absolute atomic E-state index is 10.2. The van der Waals surface area contributed by atoms with Crippen molar-refractivity contribution >= 4 is 5.71 Å². The van der Waals surface area contributed by atoms with Crippen molar-refractivity contribution in [3.63, 3.8) is 0 Å². The Morgan fingerprint density at radius 3 is 2.82 bits per heavy atom. The van der Waals surface area contributed by atoms with Crippen LogP contribution < -0.4 is 0 Å². The van der Waals surface area contributed by atoms with Crippen LogP contribution in [0.2, 0.25) is 0 Å². The first kappa shape index (κ1) is 19.1. The highest BCUT2D eigenvalue weighted by Crippen LogP contribution is 2.66. The fraction of sp³-hybridized carbons (Fsp3) is 0.875. The number of fused-ring (bicyclic) bond motifs is 5. The Kier molecular flexibility index (Phi) is 4.67. The molecule has 1 N–H and O–H groups in total. The highest BCUT2D eigenvalue weighted by Gasteiger charge is 2.59. The molecule has 4 nitrogen and oxygen atoms in total. The summed E-state index contributed by atoms with van der Waals surface area (Å²) in [6, 6.07) is 0. The molecule has 28 heavy (non-hydrogen) atoms. The second-order valence-electron chi connectivity index (χ2n) is 10.8. The molecule has 0 bridgehead atoms. The summed E-state index contributed by atoms with van der Waals surface area (Å²) in [4.78, 5) is 5.59. The van der Waals surface area contributed by atoms with Crippen LogP contribution >= 0.6 is 0 Å². The lowest BCUT2D eigenvalue weighted by atomic mass is 9.47. The molecule has 3 saturated carbocycles. The normalized spacial score (nSPS) is 50.3. The molecule has 156 valence electrons. The Balaban J connectivity index is 1.35. The highest BCUT2D eigenvalue weighted by atomic mass is 16.7. The van der Waals surface area contributed by atoms with Gasteiger partial charge in [0.15, 0.2) is 0 Å². The molecule has 0 aromatic rings. The van der Waals surface area contributed by atoms with Gasteiger partial charge in [-0.2, -0.15) is 0 Å². The second-order valence-corrected chi connectivity index (χ2v) is 10.8. The van der Waals surface area contributed by atoms with E-state index in [1.807, 2.05) is 0 Å². The maximum atomic E-state index is 10.2. The molecule has 4 aliphatic carbocycles. The van der Waals surface area contributed by atoms with Gasteiger partial charge < -0.3 is 14.7 Å². The van der Waals surface area contributed by atoms with Crippen molar-refractivity contribution in [1.29, 1.82) is 0 Å². The van der Waals surface area contributed by atoms with Gasteiger partial charge in [-0.1, -0.05) is 30.7 Å². The molecule has 0 radical (unpaired) electrons. The third-order valence-electron chi connectivity index (χ3n) is 9.45. The third-order valence-corrected chi connectivity index (χ3v) is 9.45. The van der Waals surface area contributed by atoms with Crippen LogP contribution in [0.25, 0.3) is 0 Å². The molecule has 0 spiro atoms. The summed E-state index contributed by atoms with van der Waals surface area (Å²) in [6.07, 6.45) is 12.2. The number of ether oxygens (including phenoxy) is 1. The molecule has 8 unspecified atom stereocenters. The van der Waals surface area contributed by atoms with Crippen LogP contribution in [-0.2, 0) is 9.57 Å². The van der Waals surface area contributed by atoms with Crippen LogP contribution in [-0.4, -0.2) is 36.2 Å². The average molecular weight is 388 g/mol. The van der Waals surface area contributed by atoms with E-state index in [0.717, 1.165) is 37.2 Å². The number of oxime groups is 1. The lowest BCUT2D eigenvalue weighted by molar-refractivity contribution is -0.0427. The lowest BCUT2D eigenvalue weighted by Gasteiger charge is -2.58. The number of aliphatic hydroxyl groups is 1. The summed E-state index contributed by atoms with van der Waals surface area (Å²) < 4.78 is 5.22. The molecule has 0 aromatic heterocycles. The van der Waals surface area contributed by atoms with Crippen LogP contribution in [0.4, 0.5) is 0 Å². The molecule has 1 aliphatic heterocycles. The summed E-state index contributed by atoms with van der Waals surface area (Å²) in [6.45, 7) is 8.66. The first-order valence-electron chi connectivity index (χ1n) is 11.6. The van der Waals surface area contributed by atoms with E-state index in [-0.39, 0.29) is 12.2 Å². The summed E-state index contributed by atoms with van der Waals surface area (Å²) in [5.74, 6) is 2.97. The lowest BCUT2D eigenvalue weighted by Crippen LogP contribution is -2.50. The van der Waals surface area contributed by atoms with Gasteiger partial charge in [-0.05, 0) is 86.9 Å². The van der Waals surface area contributed by atoms with E-state index in [1.165, 1.54) is 44.2 Å². The van der Waals surface area contributed by atoms with E-state index in [4.69, 9.17) is 9.57 Å². The standard InChI is InChI=1S/C24H37NO3/c1-15(25-28-14-18-13-27-18)20-6-7-21-19-5-4-16-12-17(26)8-10-23(16,2)22(19)9-11-24(20,21)3/h4,17-22,26H,5-14H2,1-3H3/b25-15-. The minimum Gasteiger partial charge on any atom is -0.393 e. The summed E-state index contributed by atoms with van der Waals surface area (Å²) in [7, 11) is 0. The van der Waals surface area contributed by atoms with Crippen molar-refractivity contribution in [2.24, 2.45) is 39.7 Å². The zero-order chi connectivity index (χ0) is 19.5. The number of allylic oxidation sites excluding steroid dienone is 1. The molecule has 5 rings (SSSR count). The van der Waals surface area contributed by atoms with Crippen molar-refractivity contribution in [1.82, 2.24) is 0 Å². The Bertz CT molecular complexity index is 683. The van der Waals surface area contributed by atoms with Crippen LogP contribution in [0.1, 0.15) is 72.1 Å². The molecule has 0 aromatic carbocycles. The van der Waals surface area contributed by atoms with E-state index in [9.17, 15) is 5.11 Å². The quantitative estimate of drug-likeness (QED) is 0.329. The van der Waals surface area contributed by atoms with Gasteiger partial charge in [-0.25, -0.2) is 0 Å². The number of rotatable bonds is 4. The SMILES string of the molecule is C/C(=N/OCC1CO1)C1CCC2C3CC=C4CC(O)CCC4(C)C3CCC12C. The molecule has 1 heterocycles. The topological polar surface area (TPSA) is 54.3 Å². The predicted molar refractivity (Wildman–Crippen MR) is 110 cm³/mol. The molecular weight excluding hydrogens is 350 g/mol. The van der Waals surface area contributed by atoms with Crippen LogP contribution in [0, 0.1) is 34.5 Å². The first-order chi connectivity index (χ1) is 13.4. The van der Waals surface area contributed by atoms with Crippen LogP contribution in [0.15, 0.2) is 16.8 Å². The highest BCUT2D eigenvalue weighted by molar-refractivity contribution is 5.85. The number of nitrogens with zero attached hydrogens (tertiary/aromatic N) is 1. The third kappa shape index (κ3) is 2.98. The van der Waals surface area contributed by atoms with Crippen molar-refractivity contribution < 1.29 is 14.7 Å². The Morgan fingerprint density at radius 1 is 1.21 bits per heavy atom. The molecule has 8 atom stereocenters. The van der Waals surface area contributed by atoms with Gasteiger partial charge in [0.1, 0.15) is 12.7 Å². The zero-order valence-electron chi connectivity index (χ0n) is 17.8. The van der Waals surface area contributed by atoms with E-state index in [2.05, 4.69) is 32.0 Å². The number of hydrogen-bond acceptors (Lipinski definition) is 4. The van der Waals surface area contributed by atoms with Gasteiger partial charge >= 0.3 is 0 Å². The zero-order valence-corrected chi connectivity index (χ0v) is 17.8. The molecular formula is C24H37NO3. The van der Waals surface area contributed by atoms with Gasteiger partial charge in [0, 0.05) is 5.92 Å². The van der Waals surface area contributed by atoms with Gasteiger partial charge in [0.2, 0.25) is 0 Å². The van der Waals surface area contributed by atoms with E-state index >= 15 is 0 Å². The van der Waals surface area contributed by atoms with Gasteiger partial charge in [-0.15, -0.1) is 0 Å². The van der Waals surface area contributed by atoms with Crippen LogP contribution in [0.3, 0.4) is 0 Å². The van der Waals surface area contributed by atoms with E-state index in [0.29, 0.717) is 23.4 Å². The first-order valence-corrected chi connectivity index (χ1v) is 11.6. The molecule has 0 amide bonds. The summed E-state index contributed by atoms with van der Waals surface area (Å²) in [5.41, 5.74) is 3.46. The minimum atomic E-state index is -0.111. The Hall–Kier alpha value is -0.870. The summed E-state index contributed by atoms with van der Waals surface area (Å²) in [5, 5.41) is 14.7. The van der Waals surface area contributed by atoms with Crippen molar-refractivity contribution in [2.75, 3.05) is 13.2 Å².